The van der Waals surface area contributed by atoms with Crippen LogP contribution in [-0.4, -0.2) is 6.61 Å². The monoisotopic (exact) mass is 357 g/mol. The molecule has 134 valence electrons. The van der Waals surface area contributed by atoms with E-state index in [1.807, 2.05) is 36.4 Å². The van der Waals surface area contributed by atoms with Crippen molar-refractivity contribution in [3.63, 3.8) is 0 Å². The van der Waals surface area contributed by atoms with Gasteiger partial charge in [-0.15, -0.1) is 6.58 Å². The molecule has 0 heterocycles. The van der Waals surface area contributed by atoms with Gasteiger partial charge in [-0.05, 0) is 59.9 Å². The van der Waals surface area contributed by atoms with Crippen molar-refractivity contribution < 1.29 is 9.13 Å². The number of rotatable bonds is 7. The van der Waals surface area contributed by atoms with E-state index in [0.29, 0.717) is 17.7 Å². The maximum absolute atomic E-state index is 14.6. The first-order valence-electron chi connectivity index (χ1n) is 8.85. The summed E-state index contributed by atoms with van der Waals surface area (Å²) in [5, 5.41) is 8.87. The van der Waals surface area contributed by atoms with E-state index in [9.17, 15) is 4.39 Å². The van der Waals surface area contributed by atoms with Crippen molar-refractivity contribution in [3.8, 4) is 34.1 Å². The molecule has 0 aliphatic heterocycles. The summed E-state index contributed by atoms with van der Waals surface area (Å²) < 4.78 is 20.3. The van der Waals surface area contributed by atoms with Gasteiger partial charge < -0.3 is 4.74 Å². The summed E-state index contributed by atoms with van der Waals surface area (Å²) >= 11 is 0. The molecule has 3 aromatic carbocycles. The topological polar surface area (TPSA) is 33.0 Å². The van der Waals surface area contributed by atoms with Crippen molar-refractivity contribution in [1.82, 2.24) is 0 Å². The third-order valence-electron chi connectivity index (χ3n) is 4.30. The van der Waals surface area contributed by atoms with E-state index >= 15 is 0 Å². The van der Waals surface area contributed by atoms with Crippen molar-refractivity contribution in [2.75, 3.05) is 6.61 Å². The SMILES string of the molecule is C=CCCCOc1ccc(-c2ccc(-c3ccc(C#N)cc3)c(F)c2)cc1. The molecular formula is C24H20FNO. The zero-order valence-corrected chi connectivity index (χ0v) is 15.0. The highest BCUT2D eigenvalue weighted by atomic mass is 19.1. The lowest BCUT2D eigenvalue weighted by molar-refractivity contribution is 0.312. The van der Waals surface area contributed by atoms with Gasteiger partial charge in [-0.3, -0.25) is 0 Å². The van der Waals surface area contributed by atoms with Crippen molar-refractivity contribution in [2.24, 2.45) is 0 Å². The summed E-state index contributed by atoms with van der Waals surface area (Å²) in [6.45, 7) is 4.34. The molecule has 0 unspecified atom stereocenters. The van der Waals surface area contributed by atoms with Crippen LogP contribution in [0, 0.1) is 17.1 Å². The molecule has 2 nitrogen and oxygen atoms in total. The van der Waals surface area contributed by atoms with Crippen LogP contribution in [0.2, 0.25) is 0 Å². The minimum Gasteiger partial charge on any atom is -0.494 e. The minimum absolute atomic E-state index is 0.290. The van der Waals surface area contributed by atoms with Crippen LogP contribution in [0.4, 0.5) is 4.39 Å². The fraction of sp³-hybridized carbons (Fsp3) is 0.125. The van der Waals surface area contributed by atoms with Gasteiger partial charge >= 0.3 is 0 Å². The molecule has 0 radical (unpaired) electrons. The Bertz CT molecular complexity index is 953. The molecule has 0 atom stereocenters. The number of nitriles is 1. The second-order valence-electron chi connectivity index (χ2n) is 6.19. The fourth-order valence-electron chi connectivity index (χ4n) is 2.81. The second-order valence-corrected chi connectivity index (χ2v) is 6.19. The number of nitrogens with zero attached hydrogens (tertiary/aromatic N) is 1. The van der Waals surface area contributed by atoms with Gasteiger partial charge in [0.15, 0.2) is 0 Å². The Labute approximate surface area is 159 Å². The molecule has 0 spiro atoms. The summed E-state index contributed by atoms with van der Waals surface area (Å²) in [5.41, 5.74) is 3.57. The van der Waals surface area contributed by atoms with Crippen LogP contribution in [0.25, 0.3) is 22.3 Å². The van der Waals surface area contributed by atoms with E-state index < -0.39 is 0 Å². The first-order valence-corrected chi connectivity index (χ1v) is 8.85. The molecule has 0 amide bonds. The number of hydrogen-bond acceptors (Lipinski definition) is 2. The Morgan fingerprint density at radius 1 is 0.926 bits per heavy atom. The fourth-order valence-corrected chi connectivity index (χ4v) is 2.81. The van der Waals surface area contributed by atoms with Gasteiger partial charge in [-0.2, -0.15) is 5.26 Å². The summed E-state index contributed by atoms with van der Waals surface area (Å²) in [6, 6.07) is 21.8. The number of ether oxygens (including phenoxy) is 1. The molecule has 3 aromatic rings. The first-order chi connectivity index (χ1) is 13.2. The van der Waals surface area contributed by atoms with E-state index in [1.54, 1.807) is 30.3 Å². The molecule has 0 saturated heterocycles. The highest BCUT2D eigenvalue weighted by molar-refractivity contribution is 5.71. The van der Waals surface area contributed by atoms with Crippen molar-refractivity contribution >= 4 is 0 Å². The van der Waals surface area contributed by atoms with E-state index in [2.05, 4.69) is 12.6 Å². The molecule has 0 N–H and O–H groups in total. The van der Waals surface area contributed by atoms with Crippen molar-refractivity contribution in [3.05, 3.63) is 90.8 Å². The zero-order chi connectivity index (χ0) is 19.1. The van der Waals surface area contributed by atoms with Crippen LogP contribution in [0.1, 0.15) is 18.4 Å². The summed E-state index contributed by atoms with van der Waals surface area (Å²) in [6.07, 6.45) is 3.75. The van der Waals surface area contributed by atoms with E-state index in [1.165, 1.54) is 6.07 Å². The normalized spacial score (nSPS) is 10.2. The number of hydrogen-bond donors (Lipinski definition) is 0. The van der Waals surface area contributed by atoms with E-state index in [4.69, 9.17) is 10.00 Å². The zero-order valence-electron chi connectivity index (χ0n) is 15.0. The number of unbranched alkanes of at least 4 members (excludes halogenated alkanes) is 1. The van der Waals surface area contributed by atoms with E-state index in [0.717, 1.165) is 35.3 Å². The van der Waals surface area contributed by atoms with Gasteiger partial charge in [-0.1, -0.05) is 42.5 Å². The molecule has 27 heavy (non-hydrogen) atoms. The Hall–Kier alpha value is -3.38. The Kier molecular flexibility index (Phi) is 6.02. The van der Waals surface area contributed by atoms with Crippen molar-refractivity contribution in [1.29, 1.82) is 5.26 Å². The van der Waals surface area contributed by atoms with Gasteiger partial charge in [0.2, 0.25) is 0 Å². The Balaban J connectivity index is 1.74. The smallest absolute Gasteiger partial charge is 0.131 e. The predicted octanol–water partition coefficient (Wildman–Crippen LogP) is 6.38. The average molecular weight is 357 g/mol. The van der Waals surface area contributed by atoms with Crippen LogP contribution >= 0.6 is 0 Å². The molecule has 0 aliphatic carbocycles. The van der Waals surface area contributed by atoms with Gasteiger partial charge in [0.1, 0.15) is 11.6 Å². The number of halogens is 1. The number of allylic oxidation sites excluding steroid dienone is 1. The predicted molar refractivity (Wildman–Crippen MR) is 107 cm³/mol. The van der Waals surface area contributed by atoms with Gasteiger partial charge in [-0.25, -0.2) is 4.39 Å². The van der Waals surface area contributed by atoms with Crippen LogP contribution in [0.3, 0.4) is 0 Å². The third kappa shape index (κ3) is 4.62. The molecule has 0 fully saturated rings. The van der Waals surface area contributed by atoms with Gasteiger partial charge in [0, 0.05) is 5.56 Å². The minimum atomic E-state index is -0.290. The van der Waals surface area contributed by atoms with Crippen LogP contribution in [0.15, 0.2) is 79.4 Å². The highest BCUT2D eigenvalue weighted by Gasteiger charge is 2.08. The summed E-state index contributed by atoms with van der Waals surface area (Å²) in [5.74, 6) is 0.513. The quantitative estimate of drug-likeness (QED) is 0.363. The Morgan fingerprint density at radius 3 is 2.22 bits per heavy atom. The lowest BCUT2D eigenvalue weighted by Crippen LogP contribution is -1.96. The lowest BCUT2D eigenvalue weighted by atomic mass is 9.99. The third-order valence-corrected chi connectivity index (χ3v) is 4.30. The van der Waals surface area contributed by atoms with Crippen LogP contribution < -0.4 is 4.74 Å². The maximum Gasteiger partial charge on any atom is 0.131 e. The summed E-state index contributed by atoms with van der Waals surface area (Å²) in [7, 11) is 0. The molecular weight excluding hydrogens is 337 g/mol. The molecule has 0 aromatic heterocycles. The van der Waals surface area contributed by atoms with Gasteiger partial charge in [0.05, 0.1) is 18.2 Å². The molecule has 0 bridgehead atoms. The van der Waals surface area contributed by atoms with E-state index in [-0.39, 0.29) is 5.82 Å². The van der Waals surface area contributed by atoms with Crippen LogP contribution in [-0.2, 0) is 0 Å². The molecule has 0 aliphatic rings. The lowest BCUT2D eigenvalue weighted by Gasteiger charge is -2.09. The van der Waals surface area contributed by atoms with Crippen molar-refractivity contribution in [2.45, 2.75) is 12.8 Å². The summed E-state index contributed by atoms with van der Waals surface area (Å²) in [4.78, 5) is 0. The molecule has 3 heteroatoms. The average Bonchev–Trinajstić information content (AvgIpc) is 2.72. The first kappa shape index (κ1) is 18.4. The largest absolute Gasteiger partial charge is 0.494 e. The Morgan fingerprint density at radius 2 is 1.59 bits per heavy atom. The van der Waals surface area contributed by atoms with Crippen LogP contribution in [0.5, 0.6) is 5.75 Å². The molecule has 3 rings (SSSR count). The molecule has 0 saturated carbocycles. The maximum atomic E-state index is 14.6. The van der Waals surface area contributed by atoms with Gasteiger partial charge in [0.25, 0.3) is 0 Å². The second kappa shape index (κ2) is 8.82. The standard InChI is InChI=1S/C24H20FNO/c1-2-3-4-15-27-22-12-9-19(10-13-22)21-11-14-23(24(25)16-21)20-7-5-18(17-26)6-8-20/h2,5-14,16H,1,3-4,15H2. The highest BCUT2D eigenvalue weighted by Crippen LogP contribution is 2.29. The number of benzene rings is 3.